The summed E-state index contributed by atoms with van der Waals surface area (Å²) in [5.41, 5.74) is 4.89. The number of esters is 1. The van der Waals surface area contributed by atoms with E-state index in [4.69, 9.17) is 14.7 Å². The van der Waals surface area contributed by atoms with Crippen molar-refractivity contribution < 1.29 is 9.53 Å². The maximum absolute atomic E-state index is 12.5. The predicted octanol–water partition coefficient (Wildman–Crippen LogP) is 6.13. The molecule has 3 heterocycles. The summed E-state index contributed by atoms with van der Waals surface area (Å²) in [7, 11) is 0. The summed E-state index contributed by atoms with van der Waals surface area (Å²) in [6, 6.07) is 18.6. The molecule has 174 valence electrons. The van der Waals surface area contributed by atoms with Crippen LogP contribution in [0.5, 0.6) is 5.75 Å². The largest absolute Gasteiger partial charge is 0.424 e. The number of carbonyl (C=O) groups excluding carboxylic acids is 1. The number of benzene rings is 2. The van der Waals surface area contributed by atoms with Crippen LogP contribution >= 0.6 is 0 Å². The Hall–Kier alpha value is -3.67. The Balaban J connectivity index is 1.64. The lowest BCUT2D eigenvalue weighted by atomic mass is 10.1. The summed E-state index contributed by atoms with van der Waals surface area (Å²) in [6.45, 7) is 4.92. The number of hydrogen-bond acceptors (Lipinski definition) is 4. The van der Waals surface area contributed by atoms with Crippen molar-refractivity contribution in [3.63, 3.8) is 0 Å². The van der Waals surface area contributed by atoms with Crippen LogP contribution in [0.2, 0.25) is 0 Å². The van der Waals surface area contributed by atoms with Gasteiger partial charge in [-0.1, -0.05) is 56.3 Å². The third kappa shape index (κ3) is 4.16. The van der Waals surface area contributed by atoms with Crippen molar-refractivity contribution in [1.82, 2.24) is 18.9 Å². The number of nitrogens with zero attached hydrogens (tertiary/aromatic N) is 4. The van der Waals surface area contributed by atoms with Crippen molar-refractivity contribution in [3.05, 3.63) is 72.2 Å². The second kappa shape index (κ2) is 9.67. The van der Waals surface area contributed by atoms with Gasteiger partial charge in [0, 0.05) is 25.6 Å². The lowest BCUT2D eigenvalue weighted by molar-refractivity contribution is -0.134. The third-order valence-electron chi connectivity index (χ3n) is 6.15. The van der Waals surface area contributed by atoms with E-state index in [0.717, 1.165) is 72.2 Å². The van der Waals surface area contributed by atoms with Crippen LogP contribution in [0.4, 0.5) is 0 Å². The molecule has 0 atom stereocenters. The van der Waals surface area contributed by atoms with Crippen molar-refractivity contribution in [1.29, 1.82) is 0 Å². The molecule has 0 fully saturated rings. The zero-order valence-electron chi connectivity index (χ0n) is 19.8. The highest BCUT2D eigenvalue weighted by atomic mass is 16.5. The minimum Gasteiger partial charge on any atom is -0.424 e. The normalized spacial score (nSPS) is 11.6. The SMILES string of the molecule is CCCC(=O)Oc1cn(CCCc2ccccc2)c2nc(CCC)n3c4ccccc4nc3c12. The fourth-order valence-corrected chi connectivity index (χ4v) is 4.59. The first kappa shape index (κ1) is 22.1. The first-order valence-corrected chi connectivity index (χ1v) is 12.2. The second-order valence-corrected chi connectivity index (χ2v) is 8.74. The minimum absolute atomic E-state index is 0.224. The first-order chi connectivity index (χ1) is 16.7. The van der Waals surface area contributed by atoms with Gasteiger partial charge in [0.25, 0.3) is 0 Å². The Morgan fingerprint density at radius 2 is 1.71 bits per heavy atom. The average Bonchev–Trinajstić information content (AvgIpc) is 3.39. The number of imidazole rings is 1. The van der Waals surface area contributed by atoms with Crippen molar-refractivity contribution in [2.24, 2.45) is 0 Å². The third-order valence-corrected chi connectivity index (χ3v) is 6.15. The Morgan fingerprint density at radius 3 is 2.50 bits per heavy atom. The van der Waals surface area contributed by atoms with Crippen LogP contribution in [0.3, 0.4) is 0 Å². The van der Waals surface area contributed by atoms with Gasteiger partial charge in [-0.15, -0.1) is 0 Å². The molecule has 0 N–H and O–H groups in total. The molecule has 0 aliphatic rings. The van der Waals surface area contributed by atoms with Crippen LogP contribution in [-0.2, 0) is 24.2 Å². The average molecular weight is 455 g/mol. The van der Waals surface area contributed by atoms with Gasteiger partial charge < -0.3 is 9.30 Å². The van der Waals surface area contributed by atoms with Gasteiger partial charge in [0.05, 0.1) is 11.0 Å². The van der Waals surface area contributed by atoms with Crippen LogP contribution < -0.4 is 4.74 Å². The van der Waals surface area contributed by atoms with E-state index in [2.05, 4.69) is 46.2 Å². The number of aromatic nitrogens is 4. The number of fused-ring (bicyclic) bond motifs is 5. The highest BCUT2D eigenvalue weighted by Crippen LogP contribution is 2.34. The molecule has 0 bridgehead atoms. The lowest BCUT2D eigenvalue weighted by Crippen LogP contribution is -2.07. The molecule has 5 aromatic rings. The van der Waals surface area contributed by atoms with Gasteiger partial charge in [0.2, 0.25) is 0 Å². The molecule has 0 aliphatic heterocycles. The fraction of sp³-hybridized carbons (Fsp3) is 0.321. The summed E-state index contributed by atoms with van der Waals surface area (Å²) in [6.07, 6.45) is 6.82. The lowest BCUT2D eigenvalue weighted by Gasteiger charge is -2.09. The van der Waals surface area contributed by atoms with Crippen LogP contribution in [0.1, 0.15) is 50.9 Å². The molecular weight excluding hydrogens is 424 g/mol. The number of aryl methyl sites for hydroxylation is 3. The summed E-state index contributed by atoms with van der Waals surface area (Å²) >= 11 is 0. The zero-order valence-corrected chi connectivity index (χ0v) is 19.8. The van der Waals surface area contributed by atoms with E-state index in [1.165, 1.54) is 5.56 Å². The molecule has 6 nitrogen and oxygen atoms in total. The molecule has 0 saturated heterocycles. The highest BCUT2D eigenvalue weighted by Gasteiger charge is 2.22. The van der Waals surface area contributed by atoms with Crippen molar-refractivity contribution in [2.75, 3.05) is 0 Å². The molecule has 0 spiro atoms. The van der Waals surface area contributed by atoms with E-state index in [1.54, 1.807) is 0 Å². The molecule has 0 saturated carbocycles. The molecule has 5 rings (SSSR count). The fourth-order valence-electron chi connectivity index (χ4n) is 4.59. The smallest absolute Gasteiger partial charge is 0.311 e. The van der Waals surface area contributed by atoms with Gasteiger partial charge in [0.15, 0.2) is 11.4 Å². The van der Waals surface area contributed by atoms with E-state index in [-0.39, 0.29) is 5.97 Å². The Morgan fingerprint density at radius 1 is 0.912 bits per heavy atom. The molecule has 34 heavy (non-hydrogen) atoms. The Kier molecular flexibility index (Phi) is 6.30. The van der Waals surface area contributed by atoms with E-state index in [1.807, 2.05) is 37.4 Å². The van der Waals surface area contributed by atoms with Crippen LogP contribution in [0.25, 0.3) is 27.7 Å². The summed E-state index contributed by atoms with van der Waals surface area (Å²) in [5.74, 6) is 1.30. The summed E-state index contributed by atoms with van der Waals surface area (Å²) in [5, 5.41) is 0.806. The Labute approximate surface area is 199 Å². The topological polar surface area (TPSA) is 61.4 Å². The Bertz CT molecular complexity index is 1450. The summed E-state index contributed by atoms with van der Waals surface area (Å²) < 4.78 is 10.1. The van der Waals surface area contributed by atoms with Gasteiger partial charge in [-0.3, -0.25) is 9.20 Å². The van der Waals surface area contributed by atoms with E-state index >= 15 is 0 Å². The number of ether oxygens (including phenoxy) is 1. The number of hydrogen-bond donors (Lipinski definition) is 0. The van der Waals surface area contributed by atoms with E-state index in [9.17, 15) is 4.79 Å². The van der Waals surface area contributed by atoms with Gasteiger partial charge in [-0.2, -0.15) is 0 Å². The first-order valence-electron chi connectivity index (χ1n) is 12.2. The molecule has 0 unspecified atom stereocenters. The maximum atomic E-state index is 12.5. The molecule has 0 amide bonds. The van der Waals surface area contributed by atoms with Crippen molar-refractivity contribution in [2.45, 2.75) is 58.9 Å². The zero-order chi connectivity index (χ0) is 23.5. The number of rotatable bonds is 9. The minimum atomic E-state index is -0.224. The highest BCUT2D eigenvalue weighted by molar-refractivity contribution is 6.00. The standard InChI is InChI=1S/C28H30N4O2/c1-3-11-24-30-27-26(28-29-21-16-8-9-17-22(21)32(24)28)23(34-25(33)12-4-2)19-31(27)18-10-15-20-13-6-5-7-14-20/h5-9,13-14,16-17,19H,3-4,10-12,15,18H2,1-2H3. The molecule has 0 radical (unpaired) electrons. The predicted molar refractivity (Wildman–Crippen MR) is 135 cm³/mol. The van der Waals surface area contributed by atoms with Gasteiger partial charge in [0.1, 0.15) is 16.9 Å². The van der Waals surface area contributed by atoms with Crippen LogP contribution in [0.15, 0.2) is 60.8 Å². The number of carbonyl (C=O) groups is 1. The molecule has 6 heteroatoms. The monoisotopic (exact) mass is 454 g/mol. The van der Waals surface area contributed by atoms with Crippen LogP contribution in [-0.4, -0.2) is 24.9 Å². The second-order valence-electron chi connectivity index (χ2n) is 8.74. The molecule has 3 aromatic heterocycles. The molecule has 0 aliphatic carbocycles. The van der Waals surface area contributed by atoms with Gasteiger partial charge >= 0.3 is 5.97 Å². The van der Waals surface area contributed by atoms with Crippen LogP contribution in [0, 0.1) is 0 Å². The van der Waals surface area contributed by atoms with E-state index in [0.29, 0.717) is 12.2 Å². The van der Waals surface area contributed by atoms with Gasteiger partial charge in [-0.05, 0) is 43.4 Å². The van der Waals surface area contributed by atoms with Gasteiger partial charge in [-0.25, -0.2) is 9.97 Å². The molecular formula is C28H30N4O2. The number of para-hydroxylation sites is 2. The molecule has 2 aromatic carbocycles. The van der Waals surface area contributed by atoms with Crippen molar-refractivity contribution >= 4 is 33.7 Å². The summed E-state index contributed by atoms with van der Waals surface area (Å²) in [4.78, 5) is 22.5. The van der Waals surface area contributed by atoms with E-state index < -0.39 is 0 Å². The maximum Gasteiger partial charge on any atom is 0.311 e. The van der Waals surface area contributed by atoms with Crippen molar-refractivity contribution in [3.8, 4) is 5.75 Å². The quantitative estimate of drug-likeness (QED) is 0.251.